The lowest BCUT2D eigenvalue weighted by Gasteiger charge is -2.27. The second-order valence-electron chi connectivity index (χ2n) is 7.06. The second kappa shape index (κ2) is 4.99. The van der Waals surface area contributed by atoms with Gasteiger partial charge < -0.3 is 0 Å². The molecule has 102 valence electrons. The van der Waals surface area contributed by atoms with Gasteiger partial charge in [0, 0.05) is 10.8 Å². The van der Waals surface area contributed by atoms with Crippen LogP contribution < -0.4 is 0 Å². The minimum absolute atomic E-state index is 0.0681. The van der Waals surface area contributed by atoms with Gasteiger partial charge in [-0.15, -0.1) is 0 Å². The average Bonchev–Trinajstić information content (AvgIpc) is 2.24. The van der Waals surface area contributed by atoms with Crippen LogP contribution >= 0.6 is 0 Å². The van der Waals surface area contributed by atoms with Gasteiger partial charge in [0.25, 0.3) is 0 Å². The Morgan fingerprint density at radius 2 is 0.944 bits per heavy atom. The highest BCUT2D eigenvalue weighted by Crippen LogP contribution is 2.32. The topological polar surface area (TPSA) is 25.8 Å². The maximum Gasteiger partial charge on any atom is 0.0719 e. The lowest BCUT2D eigenvalue weighted by Crippen LogP contribution is -2.25. The minimum atomic E-state index is 0.0681. The van der Waals surface area contributed by atoms with Crippen molar-refractivity contribution in [2.24, 2.45) is 0 Å². The van der Waals surface area contributed by atoms with Crippen LogP contribution in [0.2, 0.25) is 0 Å². The first-order valence-electron chi connectivity index (χ1n) is 7.02. The number of aromatic nitrogens is 2. The van der Waals surface area contributed by atoms with Crippen molar-refractivity contribution in [2.75, 3.05) is 0 Å². The van der Waals surface area contributed by atoms with Crippen LogP contribution in [-0.2, 0) is 23.7 Å². The van der Waals surface area contributed by atoms with Crippen LogP contribution in [0.15, 0.2) is 0 Å². The van der Waals surface area contributed by atoms with E-state index < -0.39 is 0 Å². The van der Waals surface area contributed by atoms with E-state index in [-0.39, 0.29) is 10.8 Å². The molecule has 0 saturated carbocycles. The molecule has 0 fully saturated rings. The lowest BCUT2D eigenvalue weighted by atomic mass is 9.81. The minimum Gasteiger partial charge on any atom is -0.155 e. The molecule has 0 spiro atoms. The molecule has 0 bridgehead atoms. The molecule has 1 aromatic heterocycles. The summed E-state index contributed by atoms with van der Waals surface area (Å²) in [5, 5.41) is 9.09. The Morgan fingerprint density at radius 3 is 1.11 bits per heavy atom. The molecule has 0 unspecified atom stereocenters. The largest absolute Gasteiger partial charge is 0.155 e. The van der Waals surface area contributed by atoms with Crippen LogP contribution in [0.25, 0.3) is 0 Å². The van der Waals surface area contributed by atoms with Gasteiger partial charge in [-0.05, 0) is 24.0 Å². The molecule has 0 saturated heterocycles. The van der Waals surface area contributed by atoms with Crippen LogP contribution in [0.5, 0.6) is 0 Å². The van der Waals surface area contributed by atoms with Crippen molar-refractivity contribution in [1.29, 1.82) is 0 Å². The molecule has 0 aliphatic rings. The third-order valence-corrected chi connectivity index (χ3v) is 3.31. The van der Waals surface area contributed by atoms with E-state index in [2.05, 4.69) is 65.6 Å². The Labute approximate surface area is 112 Å². The smallest absolute Gasteiger partial charge is 0.0719 e. The molecule has 0 N–H and O–H groups in total. The summed E-state index contributed by atoms with van der Waals surface area (Å²) in [6.45, 7) is 17.7. The predicted octanol–water partition coefficient (Wildman–Crippen LogP) is 4.20. The molecule has 0 aliphatic heterocycles. The van der Waals surface area contributed by atoms with Gasteiger partial charge in [0.05, 0.1) is 11.4 Å². The lowest BCUT2D eigenvalue weighted by molar-refractivity contribution is 0.513. The molecular weight excluding hydrogens is 220 g/mol. The molecule has 0 amide bonds. The van der Waals surface area contributed by atoms with Crippen LogP contribution in [0.3, 0.4) is 0 Å². The van der Waals surface area contributed by atoms with Crippen molar-refractivity contribution in [1.82, 2.24) is 10.2 Å². The molecule has 0 atom stereocenters. The zero-order chi connectivity index (χ0) is 14.1. The number of rotatable bonds is 2. The fourth-order valence-electron chi connectivity index (χ4n) is 2.47. The summed E-state index contributed by atoms with van der Waals surface area (Å²) < 4.78 is 0. The van der Waals surface area contributed by atoms with Crippen molar-refractivity contribution in [3.63, 3.8) is 0 Å². The van der Waals surface area contributed by atoms with Crippen molar-refractivity contribution in [3.8, 4) is 0 Å². The first-order chi connectivity index (χ1) is 8.12. The van der Waals surface area contributed by atoms with E-state index in [0.29, 0.717) is 0 Å². The fourth-order valence-corrected chi connectivity index (χ4v) is 2.47. The van der Waals surface area contributed by atoms with Gasteiger partial charge in [-0.3, -0.25) is 0 Å². The van der Waals surface area contributed by atoms with Gasteiger partial charge in [0.2, 0.25) is 0 Å². The molecule has 18 heavy (non-hydrogen) atoms. The van der Waals surface area contributed by atoms with Gasteiger partial charge in [-0.2, -0.15) is 10.2 Å². The Kier molecular flexibility index (Phi) is 4.19. The van der Waals surface area contributed by atoms with Crippen molar-refractivity contribution >= 4 is 0 Å². The van der Waals surface area contributed by atoms with Gasteiger partial charge in [-0.1, -0.05) is 55.4 Å². The Bertz CT molecular complexity index is 379. The number of hydrogen-bond donors (Lipinski definition) is 0. The maximum absolute atomic E-state index is 4.55. The van der Waals surface area contributed by atoms with Crippen molar-refractivity contribution in [3.05, 3.63) is 22.5 Å². The second-order valence-corrected chi connectivity index (χ2v) is 7.06. The average molecular weight is 248 g/mol. The normalized spacial score (nSPS) is 12.9. The van der Waals surface area contributed by atoms with Crippen LogP contribution in [0, 0.1) is 0 Å². The van der Waals surface area contributed by atoms with Crippen LogP contribution in [0.4, 0.5) is 0 Å². The highest BCUT2D eigenvalue weighted by Gasteiger charge is 2.27. The summed E-state index contributed by atoms with van der Waals surface area (Å²) in [4.78, 5) is 0. The molecule has 2 heteroatoms. The molecular formula is C16H28N2. The highest BCUT2D eigenvalue weighted by molar-refractivity contribution is 5.38. The van der Waals surface area contributed by atoms with Gasteiger partial charge in [0.1, 0.15) is 0 Å². The van der Waals surface area contributed by atoms with Crippen molar-refractivity contribution < 1.29 is 0 Å². The first-order valence-corrected chi connectivity index (χ1v) is 7.02. The Balaban J connectivity index is 3.57. The highest BCUT2D eigenvalue weighted by atomic mass is 15.1. The quantitative estimate of drug-likeness (QED) is 0.784. The number of nitrogens with zero attached hydrogens (tertiary/aromatic N) is 2. The van der Waals surface area contributed by atoms with Crippen LogP contribution in [0.1, 0.15) is 77.9 Å². The molecule has 0 aromatic carbocycles. The van der Waals surface area contributed by atoms with E-state index in [9.17, 15) is 0 Å². The van der Waals surface area contributed by atoms with Gasteiger partial charge in [-0.25, -0.2) is 0 Å². The molecule has 1 aromatic rings. The zero-order valence-corrected chi connectivity index (χ0v) is 13.3. The summed E-state index contributed by atoms with van der Waals surface area (Å²) in [5.74, 6) is 0. The summed E-state index contributed by atoms with van der Waals surface area (Å²) >= 11 is 0. The summed E-state index contributed by atoms with van der Waals surface area (Å²) in [5.41, 5.74) is 5.27. The van der Waals surface area contributed by atoms with E-state index in [1.807, 2.05) is 0 Å². The monoisotopic (exact) mass is 248 g/mol. The van der Waals surface area contributed by atoms with Crippen LogP contribution in [-0.4, -0.2) is 10.2 Å². The van der Waals surface area contributed by atoms with E-state index >= 15 is 0 Å². The molecule has 0 aliphatic carbocycles. The SMILES string of the molecule is CCc1c(C(C)(C)C)nnc(C(C)(C)C)c1CC. The van der Waals surface area contributed by atoms with Gasteiger partial charge >= 0.3 is 0 Å². The zero-order valence-electron chi connectivity index (χ0n) is 13.3. The molecule has 1 heterocycles. The first kappa shape index (κ1) is 15.1. The summed E-state index contributed by atoms with van der Waals surface area (Å²) in [6, 6.07) is 0. The van der Waals surface area contributed by atoms with E-state index in [4.69, 9.17) is 0 Å². The van der Waals surface area contributed by atoms with E-state index in [0.717, 1.165) is 24.2 Å². The molecule has 1 rings (SSSR count). The van der Waals surface area contributed by atoms with Crippen molar-refractivity contribution in [2.45, 2.75) is 79.1 Å². The molecule has 2 nitrogen and oxygen atoms in total. The third kappa shape index (κ3) is 2.90. The van der Waals surface area contributed by atoms with E-state index in [1.165, 1.54) is 11.1 Å². The molecule has 0 radical (unpaired) electrons. The Hall–Kier alpha value is -0.920. The predicted molar refractivity (Wildman–Crippen MR) is 78.2 cm³/mol. The standard InChI is InChI=1S/C16H28N2/c1-9-11-12(10-2)14(16(6,7)8)18-17-13(11)15(3,4)5/h9-10H2,1-8H3. The third-order valence-electron chi connectivity index (χ3n) is 3.31. The Morgan fingerprint density at radius 1 is 0.667 bits per heavy atom. The van der Waals surface area contributed by atoms with Gasteiger partial charge in [0.15, 0.2) is 0 Å². The summed E-state index contributed by atoms with van der Waals surface area (Å²) in [6.07, 6.45) is 2.07. The van der Waals surface area contributed by atoms with E-state index in [1.54, 1.807) is 0 Å². The maximum atomic E-state index is 4.55. The summed E-state index contributed by atoms with van der Waals surface area (Å²) in [7, 11) is 0. The fraction of sp³-hybridized carbons (Fsp3) is 0.750. The number of hydrogen-bond acceptors (Lipinski definition) is 2.